The van der Waals surface area contributed by atoms with Crippen LogP contribution in [0.1, 0.15) is 11.1 Å². The lowest BCUT2D eigenvalue weighted by Gasteiger charge is -2.13. The fraction of sp³-hybridized carbons (Fsp3) is 0.125. The molecule has 1 heteroatoms. The van der Waals surface area contributed by atoms with Crippen molar-refractivity contribution in [3.8, 4) is 29.2 Å². The number of hydrogen-bond donors (Lipinski definition) is 0. The van der Waals surface area contributed by atoms with Gasteiger partial charge in [-0.3, -0.25) is 0 Å². The first-order valence-electron chi connectivity index (χ1n) is 5.47. The molecule has 17 heavy (non-hydrogen) atoms. The van der Waals surface area contributed by atoms with Gasteiger partial charge in [0.1, 0.15) is 5.75 Å². The summed E-state index contributed by atoms with van der Waals surface area (Å²) in [7, 11) is 1.68. The second-order valence-corrected chi connectivity index (χ2v) is 3.84. The summed E-state index contributed by atoms with van der Waals surface area (Å²) in [5.74, 6) is 3.57. The highest BCUT2D eigenvalue weighted by Gasteiger charge is 2.11. The summed E-state index contributed by atoms with van der Waals surface area (Å²) in [5, 5.41) is 0. The van der Waals surface area contributed by atoms with Crippen LogP contribution in [-0.2, 0) is 0 Å². The lowest BCUT2D eigenvalue weighted by atomic mass is 9.95. The van der Waals surface area contributed by atoms with Crippen LogP contribution in [0.25, 0.3) is 11.1 Å². The molecular formula is C16H14O. The zero-order valence-electron chi connectivity index (χ0n) is 10.0. The monoisotopic (exact) mass is 222 g/mol. The highest BCUT2D eigenvalue weighted by atomic mass is 16.5. The highest BCUT2D eigenvalue weighted by molar-refractivity contribution is 5.78. The first kappa shape index (κ1) is 11.3. The minimum atomic E-state index is 0.854. The molecule has 0 fully saturated rings. The van der Waals surface area contributed by atoms with E-state index in [1.165, 1.54) is 0 Å². The van der Waals surface area contributed by atoms with E-state index in [2.05, 4.69) is 18.9 Å². The van der Waals surface area contributed by atoms with E-state index in [9.17, 15) is 0 Å². The van der Waals surface area contributed by atoms with E-state index in [4.69, 9.17) is 11.2 Å². The maximum atomic E-state index is 5.54. The maximum absolute atomic E-state index is 5.54. The van der Waals surface area contributed by atoms with Crippen LogP contribution in [0, 0.1) is 19.3 Å². The van der Waals surface area contributed by atoms with Crippen molar-refractivity contribution in [2.24, 2.45) is 0 Å². The fourth-order valence-electron chi connectivity index (χ4n) is 1.98. The van der Waals surface area contributed by atoms with Crippen LogP contribution in [-0.4, -0.2) is 7.11 Å². The predicted molar refractivity (Wildman–Crippen MR) is 71.1 cm³/mol. The molecule has 0 saturated carbocycles. The smallest absolute Gasteiger partial charge is 0.126 e. The molecule has 1 nitrogen and oxygen atoms in total. The van der Waals surface area contributed by atoms with E-state index in [0.717, 1.165) is 28.0 Å². The van der Waals surface area contributed by atoms with Crippen LogP contribution < -0.4 is 4.74 Å². The first-order valence-corrected chi connectivity index (χ1v) is 5.47. The van der Waals surface area contributed by atoms with Crippen molar-refractivity contribution in [3.63, 3.8) is 0 Å². The molecule has 2 aromatic rings. The second kappa shape index (κ2) is 4.76. The molecule has 0 N–H and O–H groups in total. The number of hydrogen-bond acceptors (Lipinski definition) is 1. The summed E-state index contributed by atoms with van der Waals surface area (Å²) in [4.78, 5) is 0. The topological polar surface area (TPSA) is 9.23 Å². The van der Waals surface area contributed by atoms with Gasteiger partial charge in [0.05, 0.1) is 7.11 Å². The molecule has 0 spiro atoms. The lowest BCUT2D eigenvalue weighted by Crippen LogP contribution is -1.92. The molecule has 0 aliphatic rings. The minimum absolute atomic E-state index is 0.854. The standard InChI is InChI=1S/C16H14O/c1-4-13-9-5-6-10-14(13)16-12(2)8-7-11-15(16)17-3/h1,5-11H,2-3H3. The highest BCUT2D eigenvalue weighted by Crippen LogP contribution is 2.34. The molecule has 0 amide bonds. The van der Waals surface area contributed by atoms with Crippen LogP contribution in [0.2, 0.25) is 0 Å². The van der Waals surface area contributed by atoms with Crippen LogP contribution in [0.5, 0.6) is 5.75 Å². The van der Waals surface area contributed by atoms with Crippen molar-refractivity contribution in [3.05, 3.63) is 53.6 Å². The third-order valence-electron chi connectivity index (χ3n) is 2.81. The molecule has 0 heterocycles. The van der Waals surface area contributed by atoms with Gasteiger partial charge in [-0.2, -0.15) is 0 Å². The average molecular weight is 222 g/mol. The average Bonchev–Trinajstić information content (AvgIpc) is 2.38. The van der Waals surface area contributed by atoms with Crippen LogP contribution in [0.15, 0.2) is 42.5 Å². The first-order chi connectivity index (χ1) is 8.27. The molecule has 0 unspecified atom stereocenters. The third-order valence-corrected chi connectivity index (χ3v) is 2.81. The Morgan fingerprint density at radius 2 is 1.82 bits per heavy atom. The quantitative estimate of drug-likeness (QED) is 0.705. The Balaban J connectivity index is 2.73. The molecule has 0 radical (unpaired) electrons. The number of terminal acetylenes is 1. The Hall–Kier alpha value is -2.20. The van der Waals surface area contributed by atoms with Gasteiger partial charge in [0, 0.05) is 16.7 Å². The van der Waals surface area contributed by atoms with Crippen molar-refractivity contribution >= 4 is 0 Å². The Morgan fingerprint density at radius 3 is 2.53 bits per heavy atom. The van der Waals surface area contributed by atoms with Gasteiger partial charge in [0.15, 0.2) is 0 Å². The molecule has 0 aromatic heterocycles. The molecule has 0 saturated heterocycles. The normalized spacial score (nSPS) is 9.71. The Kier molecular flexibility index (Phi) is 3.16. The number of aryl methyl sites for hydroxylation is 1. The van der Waals surface area contributed by atoms with E-state index in [1.54, 1.807) is 7.11 Å². The SMILES string of the molecule is C#Cc1ccccc1-c1c(C)cccc1OC. The summed E-state index contributed by atoms with van der Waals surface area (Å²) in [6, 6.07) is 13.9. The summed E-state index contributed by atoms with van der Waals surface area (Å²) in [5.41, 5.74) is 4.17. The van der Waals surface area contributed by atoms with Gasteiger partial charge in [-0.25, -0.2) is 0 Å². The number of ether oxygens (including phenoxy) is 1. The second-order valence-electron chi connectivity index (χ2n) is 3.84. The van der Waals surface area contributed by atoms with E-state index >= 15 is 0 Å². The maximum Gasteiger partial charge on any atom is 0.126 e. The van der Waals surface area contributed by atoms with Gasteiger partial charge in [-0.1, -0.05) is 36.3 Å². The van der Waals surface area contributed by atoms with E-state index < -0.39 is 0 Å². The van der Waals surface area contributed by atoms with Gasteiger partial charge in [-0.05, 0) is 24.6 Å². The van der Waals surface area contributed by atoms with E-state index in [0.29, 0.717) is 0 Å². The van der Waals surface area contributed by atoms with Gasteiger partial charge in [0.25, 0.3) is 0 Å². The zero-order valence-corrected chi connectivity index (χ0v) is 10.0. The van der Waals surface area contributed by atoms with Crippen molar-refractivity contribution < 1.29 is 4.74 Å². The molecule has 0 aliphatic heterocycles. The summed E-state index contributed by atoms with van der Waals surface area (Å²) in [6.07, 6.45) is 5.54. The number of rotatable bonds is 2. The fourth-order valence-corrected chi connectivity index (χ4v) is 1.98. The van der Waals surface area contributed by atoms with Gasteiger partial charge < -0.3 is 4.74 Å². The molecule has 0 bridgehead atoms. The van der Waals surface area contributed by atoms with Crippen LogP contribution >= 0.6 is 0 Å². The molecular weight excluding hydrogens is 208 g/mol. The van der Waals surface area contributed by atoms with Crippen molar-refractivity contribution in [2.45, 2.75) is 6.92 Å². The summed E-state index contributed by atoms with van der Waals surface area (Å²) in [6.45, 7) is 2.06. The van der Waals surface area contributed by atoms with Gasteiger partial charge >= 0.3 is 0 Å². The Morgan fingerprint density at radius 1 is 1.06 bits per heavy atom. The molecule has 84 valence electrons. The summed E-state index contributed by atoms with van der Waals surface area (Å²) < 4.78 is 5.41. The van der Waals surface area contributed by atoms with E-state index in [-0.39, 0.29) is 0 Å². The zero-order chi connectivity index (χ0) is 12.3. The molecule has 2 aromatic carbocycles. The van der Waals surface area contributed by atoms with Gasteiger partial charge in [0.2, 0.25) is 0 Å². The lowest BCUT2D eigenvalue weighted by molar-refractivity contribution is 0.416. The van der Waals surface area contributed by atoms with Crippen LogP contribution in [0.3, 0.4) is 0 Å². The molecule has 2 rings (SSSR count). The van der Waals surface area contributed by atoms with Crippen molar-refractivity contribution in [2.75, 3.05) is 7.11 Å². The summed E-state index contributed by atoms with van der Waals surface area (Å²) >= 11 is 0. The van der Waals surface area contributed by atoms with Crippen molar-refractivity contribution in [1.82, 2.24) is 0 Å². The molecule has 0 atom stereocenters. The predicted octanol–water partition coefficient (Wildman–Crippen LogP) is 3.65. The Labute approximate surface area is 102 Å². The largest absolute Gasteiger partial charge is 0.496 e. The van der Waals surface area contributed by atoms with Crippen LogP contribution in [0.4, 0.5) is 0 Å². The van der Waals surface area contributed by atoms with E-state index in [1.807, 2.05) is 36.4 Å². The van der Waals surface area contributed by atoms with Crippen molar-refractivity contribution in [1.29, 1.82) is 0 Å². The number of methoxy groups -OCH3 is 1. The Bertz CT molecular complexity index is 576. The third kappa shape index (κ3) is 2.03. The van der Waals surface area contributed by atoms with Gasteiger partial charge in [-0.15, -0.1) is 6.42 Å². The molecule has 0 aliphatic carbocycles. The number of benzene rings is 2. The minimum Gasteiger partial charge on any atom is -0.496 e.